The van der Waals surface area contributed by atoms with Gasteiger partial charge in [-0.2, -0.15) is 0 Å². The molecule has 0 amide bonds. The van der Waals surface area contributed by atoms with Crippen LogP contribution < -0.4 is 5.73 Å². The molecule has 0 aliphatic rings. The minimum absolute atomic E-state index is 0.182. The molecule has 7 nitrogen and oxygen atoms in total. The van der Waals surface area contributed by atoms with Crippen molar-refractivity contribution in [3.63, 3.8) is 0 Å². The third-order valence-electron chi connectivity index (χ3n) is 2.28. The highest BCUT2D eigenvalue weighted by Crippen LogP contribution is 2.02. The van der Waals surface area contributed by atoms with Gasteiger partial charge in [-0.25, -0.2) is 4.79 Å². The molecule has 1 aromatic carbocycles. The third-order valence-corrected chi connectivity index (χ3v) is 2.28. The molecular formula is C11H13N5O2. The molecule has 0 aliphatic heterocycles. The molecule has 2 rings (SSSR count). The molecule has 2 aromatic rings. The summed E-state index contributed by atoms with van der Waals surface area (Å²) in [5, 5.41) is 10.7. The van der Waals surface area contributed by atoms with Gasteiger partial charge >= 0.3 is 6.09 Å². The van der Waals surface area contributed by atoms with Crippen LogP contribution in [0.15, 0.2) is 30.3 Å². The van der Waals surface area contributed by atoms with Crippen LogP contribution in [-0.2, 0) is 17.8 Å². The summed E-state index contributed by atoms with van der Waals surface area (Å²) in [5.74, 6) is 0.399. The fraction of sp³-hybridized carbons (Fsp3) is 0.273. The van der Waals surface area contributed by atoms with Crippen LogP contribution in [0.2, 0.25) is 0 Å². The molecule has 0 atom stereocenters. The number of benzene rings is 1. The van der Waals surface area contributed by atoms with Gasteiger partial charge in [-0.05, 0) is 22.5 Å². The summed E-state index contributed by atoms with van der Waals surface area (Å²) in [5.41, 5.74) is 6.29. The minimum Gasteiger partial charge on any atom is -0.443 e. The number of carbonyl (C=O) groups excluding carboxylic acids is 1. The van der Waals surface area contributed by atoms with Crippen molar-refractivity contribution in [1.29, 1.82) is 0 Å². The van der Waals surface area contributed by atoms with Crippen LogP contribution in [0.5, 0.6) is 0 Å². The smallest absolute Gasteiger partial charge is 0.438 e. The van der Waals surface area contributed by atoms with E-state index < -0.39 is 6.09 Å². The quantitative estimate of drug-likeness (QED) is 0.783. The lowest BCUT2D eigenvalue weighted by Crippen LogP contribution is -2.20. The van der Waals surface area contributed by atoms with Gasteiger partial charge in [0.05, 0.1) is 0 Å². The first-order chi connectivity index (χ1) is 8.81. The summed E-state index contributed by atoms with van der Waals surface area (Å²) >= 11 is 0. The lowest BCUT2D eigenvalue weighted by atomic mass is 10.2. The van der Waals surface area contributed by atoms with E-state index in [1.54, 1.807) is 0 Å². The molecule has 0 radical (unpaired) electrons. The maximum absolute atomic E-state index is 11.7. The zero-order valence-electron chi connectivity index (χ0n) is 9.69. The molecule has 0 aliphatic carbocycles. The third kappa shape index (κ3) is 2.89. The second-order valence-corrected chi connectivity index (χ2v) is 3.59. The van der Waals surface area contributed by atoms with Crippen molar-refractivity contribution in [2.24, 2.45) is 5.73 Å². The molecule has 0 bridgehead atoms. The summed E-state index contributed by atoms with van der Waals surface area (Å²) in [6, 6.07) is 9.38. The number of nitrogens with two attached hydrogens (primary N) is 1. The first kappa shape index (κ1) is 12.2. The summed E-state index contributed by atoms with van der Waals surface area (Å²) in [4.78, 5) is 11.7. The standard InChI is InChI=1S/C11H13N5O2/c12-7-6-10-13-14-15-16(10)11(17)18-8-9-4-2-1-3-5-9/h1-5H,6-8,12H2. The number of rotatable bonds is 4. The largest absolute Gasteiger partial charge is 0.443 e. The van der Waals surface area contributed by atoms with Gasteiger partial charge in [0.25, 0.3) is 0 Å². The number of hydrogen-bond acceptors (Lipinski definition) is 6. The van der Waals surface area contributed by atoms with Gasteiger partial charge in [-0.15, -0.1) is 9.78 Å². The van der Waals surface area contributed by atoms with Gasteiger partial charge in [0, 0.05) is 6.42 Å². The highest BCUT2D eigenvalue weighted by atomic mass is 16.6. The van der Waals surface area contributed by atoms with E-state index in [0.717, 1.165) is 10.2 Å². The second-order valence-electron chi connectivity index (χ2n) is 3.59. The maximum atomic E-state index is 11.7. The van der Waals surface area contributed by atoms with Crippen LogP contribution in [0.25, 0.3) is 0 Å². The summed E-state index contributed by atoms with van der Waals surface area (Å²) < 4.78 is 6.12. The van der Waals surface area contributed by atoms with Gasteiger partial charge in [0.1, 0.15) is 6.61 Å². The van der Waals surface area contributed by atoms with Crippen LogP contribution in [-0.4, -0.2) is 32.8 Å². The molecule has 7 heteroatoms. The van der Waals surface area contributed by atoms with Crippen molar-refractivity contribution in [3.8, 4) is 0 Å². The Labute approximate surface area is 104 Å². The van der Waals surface area contributed by atoms with E-state index in [2.05, 4.69) is 15.5 Å². The molecule has 0 unspecified atom stereocenters. The highest BCUT2D eigenvalue weighted by Gasteiger charge is 2.14. The van der Waals surface area contributed by atoms with Gasteiger partial charge in [-0.1, -0.05) is 30.3 Å². The fourth-order valence-corrected chi connectivity index (χ4v) is 1.41. The monoisotopic (exact) mass is 247 g/mol. The Hall–Kier alpha value is -2.28. The Bertz CT molecular complexity index is 511. The summed E-state index contributed by atoms with van der Waals surface area (Å²) in [6.07, 6.45) is -0.180. The average molecular weight is 247 g/mol. The predicted octanol–water partition coefficient (Wildman–Crippen LogP) is 0.359. The van der Waals surface area contributed by atoms with Crippen molar-refractivity contribution < 1.29 is 9.53 Å². The van der Waals surface area contributed by atoms with Gasteiger partial charge in [0.15, 0.2) is 5.82 Å². The Kier molecular flexibility index (Phi) is 3.98. The topological polar surface area (TPSA) is 95.9 Å². The van der Waals surface area contributed by atoms with Crippen LogP contribution in [0.4, 0.5) is 4.79 Å². The number of hydrogen-bond donors (Lipinski definition) is 1. The van der Waals surface area contributed by atoms with Gasteiger partial charge in [0.2, 0.25) is 0 Å². The lowest BCUT2D eigenvalue weighted by Gasteiger charge is -2.05. The molecule has 2 N–H and O–H groups in total. The van der Waals surface area contributed by atoms with Crippen molar-refractivity contribution >= 4 is 6.09 Å². The normalized spacial score (nSPS) is 10.3. The van der Waals surface area contributed by atoms with Crippen molar-refractivity contribution in [2.75, 3.05) is 6.54 Å². The van der Waals surface area contributed by atoms with Crippen LogP contribution >= 0.6 is 0 Å². The first-order valence-corrected chi connectivity index (χ1v) is 5.49. The number of nitrogens with zero attached hydrogens (tertiary/aromatic N) is 4. The van der Waals surface area contributed by atoms with E-state index in [1.165, 1.54) is 0 Å². The number of tetrazole rings is 1. The van der Waals surface area contributed by atoms with Crippen molar-refractivity contribution in [3.05, 3.63) is 41.7 Å². The zero-order chi connectivity index (χ0) is 12.8. The lowest BCUT2D eigenvalue weighted by molar-refractivity contribution is 0.136. The van der Waals surface area contributed by atoms with E-state index in [-0.39, 0.29) is 6.61 Å². The van der Waals surface area contributed by atoms with E-state index >= 15 is 0 Å². The second kappa shape index (κ2) is 5.87. The van der Waals surface area contributed by atoms with Gasteiger partial charge < -0.3 is 10.5 Å². The predicted molar refractivity (Wildman–Crippen MR) is 62.6 cm³/mol. The average Bonchev–Trinajstić information content (AvgIpc) is 2.86. The van der Waals surface area contributed by atoms with E-state index in [4.69, 9.17) is 10.5 Å². The van der Waals surface area contributed by atoms with E-state index in [1.807, 2.05) is 30.3 Å². The van der Waals surface area contributed by atoms with E-state index in [9.17, 15) is 4.79 Å². The number of ether oxygens (including phenoxy) is 1. The summed E-state index contributed by atoms with van der Waals surface area (Å²) in [6.45, 7) is 0.550. The molecule has 0 fully saturated rings. The molecule has 1 heterocycles. The molecule has 94 valence electrons. The molecule has 0 saturated carbocycles. The van der Waals surface area contributed by atoms with Crippen molar-refractivity contribution in [1.82, 2.24) is 20.2 Å². The number of carbonyl (C=O) groups is 1. The first-order valence-electron chi connectivity index (χ1n) is 5.49. The van der Waals surface area contributed by atoms with Gasteiger partial charge in [-0.3, -0.25) is 0 Å². The molecule has 0 saturated heterocycles. The highest BCUT2D eigenvalue weighted by molar-refractivity contribution is 5.69. The molecular weight excluding hydrogens is 234 g/mol. The molecule has 0 spiro atoms. The Morgan fingerprint density at radius 2 is 2.11 bits per heavy atom. The van der Waals surface area contributed by atoms with E-state index in [0.29, 0.717) is 18.8 Å². The van der Waals surface area contributed by atoms with Crippen LogP contribution in [0.3, 0.4) is 0 Å². The Morgan fingerprint density at radius 1 is 1.33 bits per heavy atom. The summed E-state index contributed by atoms with van der Waals surface area (Å²) in [7, 11) is 0. The number of aromatic nitrogens is 4. The maximum Gasteiger partial charge on any atom is 0.438 e. The van der Waals surface area contributed by atoms with Crippen LogP contribution in [0.1, 0.15) is 11.4 Å². The Balaban J connectivity index is 1.97. The molecule has 1 aromatic heterocycles. The molecule has 18 heavy (non-hydrogen) atoms. The van der Waals surface area contributed by atoms with Crippen LogP contribution in [0, 0.1) is 0 Å². The zero-order valence-corrected chi connectivity index (χ0v) is 9.69. The Morgan fingerprint density at radius 3 is 2.83 bits per heavy atom. The van der Waals surface area contributed by atoms with Crippen molar-refractivity contribution in [2.45, 2.75) is 13.0 Å². The SMILES string of the molecule is NCCc1nnnn1C(=O)OCc1ccccc1. The fourth-order valence-electron chi connectivity index (χ4n) is 1.41. The minimum atomic E-state index is -0.604.